The van der Waals surface area contributed by atoms with E-state index in [1.807, 2.05) is 0 Å². The number of rotatable bonds is 6. The summed E-state index contributed by atoms with van der Waals surface area (Å²) < 4.78 is 20.0. The average molecular weight is 414 g/mol. The van der Waals surface area contributed by atoms with Gasteiger partial charge in [0, 0.05) is 30.2 Å². The van der Waals surface area contributed by atoms with Gasteiger partial charge < -0.3 is 28.5 Å². The Bertz CT molecular complexity index is 1080. The molecule has 0 spiro atoms. The smallest absolute Gasteiger partial charge is 0.374 e. The molecule has 0 aliphatic rings. The third-order valence-electron chi connectivity index (χ3n) is 4.01. The molecule has 1 N–H and O–H groups in total. The van der Waals surface area contributed by atoms with Gasteiger partial charge in [-0.1, -0.05) is 6.07 Å². The first-order chi connectivity index (χ1) is 14.4. The van der Waals surface area contributed by atoms with E-state index in [0.29, 0.717) is 28.0 Å². The van der Waals surface area contributed by atoms with Gasteiger partial charge in [0.15, 0.2) is 5.43 Å². The lowest BCUT2D eigenvalue weighted by Crippen LogP contribution is -2.09. The number of methoxy groups -OCH3 is 2. The fraction of sp³-hybridized carbons (Fsp3) is 0.227. The third-order valence-corrected chi connectivity index (χ3v) is 4.01. The number of ether oxygens (including phenoxy) is 3. The van der Waals surface area contributed by atoms with E-state index >= 15 is 0 Å². The van der Waals surface area contributed by atoms with E-state index < -0.39 is 5.97 Å². The van der Waals surface area contributed by atoms with Crippen molar-refractivity contribution in [2.45, 2.75) is 13.3 Å². The van der Waals surface area contributed by atoms with Gasteiger partial charge in [0.2, 0.25) is 5.76 Å². The Morgan fingerprint density at radius 3 is 2.33 bits per heavy atom. The summed E-state index contributed by atoms with van der Waals surface area (Å²) >= 11 is 0. The molecule has 0 saturated heterocycles. The minimum Gasteiger partial charge on any atom is -0.508 e. The molecule has 8 heteroatoms. The number of aromatic hydroxyl groups is 1. The second-order valence-electron chi connectivity index (χ2n) is 5.92. The summed E-state index contributed by atoms with van der Waals surface area (Å²) in [5.74, 6) is 0.470. The SMILES string of the molecule is CCOC(=O)c1cc(=O)c2ccc(OC)cc2o1.COc1ccc(CC=O)c(O)c1. The van der Waals surface area contributed by atoms with Gasteiger partial charge in [-0.25, -0.2) is 4.79 Å². The van der Waals surface area contributed by atoms with Crippen LogP contribution in [0.25, 0.3) is 11.0 Å². The highest BCUT2D eigenvalue weighted by Crippen LogP contribution is 2.23. The number of phenolic OH excluding ortho intramolecular Hbond substituents is 1. The Hall–Kier alpha value is -3.81. The summed E-state index contributed by atoms with van der Waals surface area (Å²) in [6.07, 6.45) is 0.983. The number of aldehydes is 1. The number of hydrogen-bond acceptors (Lipinski definition) is 8. The first-order valence-electron chi connectivity index (χ1n) is 9.02. The van der Waals surface area contributed by atoms with E-state index in [2.05, 4.69) is 0 Å². The van der Waals surface area contributed by atoms with Gasteiger partial charge in [0.05, 0.1) is 26.2 Å². The minimum atomic E-state index is -0.653. The topological polar surface area (TPSA) is 112 Å². The van der Waals surface area contributed by atoms with Crippen molar-refractivity contribution in [3.8, 4) is 17.2 Å². The average Bonchev–Trinajstić information content (AvgIpc) is 2.75. The molecule has 1 aromatic heterocycles. The van der Waals surface area contributed by atoms with Crippen LogP contribution in [0.5, 0.6) is 17.2 Å². The van der Waals surface area contributed by atoms with Gasteiger partial charge in [0.1, 0.15) is 29.1 Å². The van der Waals surface area contributed by atoms with Gasteiger partial charge in [-0.15, -0.1) is 0 Å². The molecule has 158 valence electrons. The number of hydrogen-bond donors (Lipinski definition) is 1. The van der Waals surface area contributed by atoms with E-state index in [0.717, 1.165) is 12.4 Å². The number of carbonyl (C=O) groups excluding carboxylic acids is 2. The van der Waals surface area contributed by atoms with Crippen molar-refractivity contribution < 1.29 is 33.3 Å². The van der Waals surface area contributed by atoms with E-state index in [1.54, 1.807) is 37.3 Å². The number of esters is 1. The van der Waals surface area contributed by atoms with Crippen LogP contribution < -0.4 is 14.9 Å². The van der Waals surface area contributed by atoms with Gasteiger partial charge in [0.25, 0.3) is 0 Å². The standard InChI is InChI=1S/C13H12O5.C9H10O3/c1-3-17-13(15)12-7-10(14)9-5-4-8(16-2)6-11(9)18-12;1-12-8-3-2-7(4-5-10)9(11)6-8/h4-7H,3H2,1-2H3;2-3,5-6,11H,4H2,1H3. The Morgan fingerprint density at radius 1 is 1.07 bits per heavy atom. The zero-order valence-electron chi connectivity index (χ0n) is 16.8. The third kappa shape index (κ3) is 5.60. The Labute approximate surface area is 172 Å². The molecule has 0 atom stereocenters. The Kier molecular flexibility index (Phi) is 7.99. The van der Waals surface area contributed by atoms with Crippen molar-refractivity contribution in [1.29, 1.82) is 0 Å². The fourth-order valence-corrected chi connectivity index (χ4v) is 2.50. The highest BCUT2D eigenvalue weighted by Gasteiger charge is 2.13. The van der Waals surface area contributed by atoms with Gasteiger partial charge >= 0.3 is 5.97 Å². The highest BCUT2D eigenvalue weighted by atomic mass is 16.5. The number of fused-ring (bicyclic) bond motifs is 1. The number of benzene rings is 2. The molecule has 3 aromatic rings. The second-order valence-corrected chi connectivity index (χ2v) is 5.92. The molecule has 1 heterocycles. The Morgan fingerprint density at radius 2 is 1.73 bits per heavy atom. The molecule has 2 aromatic carbocycles. The van der Waals surface area contributed by atoms with Crippen LogP contribution >= 0.6 is 0 Å². The fourth-order valence-electron chi connectivity index (χ4n) is 2.50. The summed E-state index contributed by atoms with van der Waals surface area (Å²) in [6.45, 7) is 1.90. The van der Waals surface area contributed by atoms with E-state index in [-0.39, 0.29) is 30.0 Å². The van der Waals surface area contributed by atoms with Crippen molar-refractivity contribution in [1.82, 2.24) is 0 Å². The molecule has 0 unspecified atom stereocenters. The maximum absolute atomic E-state index is 11.8. The lowest BCUT2D eigenvalue weighted by molar-refractivity contribution is -0.107. The minimum absolute atomic E-state index is 0.0986. The van der Waals surface area contributed by atoms with Crippen molar-refractivity contribution >= 4 is 23.2 Å². The normalized spacial score (nSPS) is 9.97. The molecule has 0 aliphatic heterocycles. The molecule has 0 fully saturated rings. The predicted octanol–water partition coefficient (Wildman–Crippen LogP) is 3.12. The monoisotopic (exact) mass is 414 g/mol. The first-order valence-corrected chi connectivity index (χ1v) is 9.02. The van der Waals surface area contributed by atoms with Gasteiger partial charge in [-0.2, -0.15) is 0 Å². The van der Waals surface area contributed by atoms with E-state index in [1.165, 1.54) is 20.3 Å². The van der Waals surface area contributed by atoms with Gasteiger partial charge in [-0.05, 0) is 25.1 Å². The largest absolute Gasteiger partial charge is 0.508 e. The molecule has 0 amide bonds. The van der Waals surface area contributed by atoms with Crippen LogP contribution in [0.2, 0.25) is 0 Å². The summed E-state index contributed by atoms with van der Waals surface area (Å²) in [7, 11) is 3.03. The van der Waals surface area contributed by atoms with Crippen LogP contribution in [-0.2, 0) is 16.0 Å². The molecule has 0 radical (unpaired) electrons. The predicted molar refractivity (Wildman–Crippen MR) is 109 cm³/mol. The second kappa shape index (κ2) is 10.7. The first kappa shape index (κ1) is 22.5. The van der Waals surface area contributed by atoms with E-state index in [4.69, 9.17) is 18.6 Å². The van der Waals surface area contributed by atoms with E-state index in [9.17, 15) is 19.5 Å². The summed E-state index contributed by atoms with van der Waals surface area (Å²) in [4.78, 5) is 33.4. The summed E-state index contributed by atoms with van der Waals surface area (Å²) in [5.41, 5.74) is 0.623. The summed E-state index contributed by atoms with van der Waals surface area (Å²) in [6, 6.07) is 10.8. The maximum Gasteiger partial charge on any atom is 0.374 e. The molecule has 0 bridgehead atoms. The molecule has 30 heavy (non-hydrogen) atoms. The van der Waals surface area contributed by atoms with Gasteiger partial charge in [-0.3, -0.25) is 4.79 Å². The van der Waals surface area contributed by atoms with Crippen LogP contribution in [0, 0.1) is 0 Å². The zero-order chi connectivity index (χ0) is 22.1. The maximum atomic E-state index is 11.8. The van der Waals surface area contributed by atoms with Crippen LogP contribution in [0.15, 0.2) is 51.7 Å². The van der Waals surface area contributed by atoms with Crippen molar-refractivity contribution in [2.24, 2.45) is 0 Å². The molecular weight excluding hydrogens is 392 g/mol. The zero-order valence-corrected chi connectivity index (χ0v) is 16.8. The lowest BCUT2D eigenvalue weighted by atomic mass is 10.1. The van der Waals surface area contributed by atoms with Crippen LogP contribution in [-0.4, -0.2) is 38.2 Å². The van der Waals surface area contributed by atoms with Crippen molar-refractivity contribution in [3.05, 3.63) is 64.0 Å². The van der Waals surface area contributed by atoms with Crippen LogP contribution in [0.3, 0.4) is 0 Å². The lowest BCUT2D eigenvalue weighted by Gasteiger charge is -2.04. The number of phenols is 1. The Balaban J connectivity index is 0.000000232. The quantitative estimate of drug-likeness (QED) is 0.484. The van der Waals surface area contributed by atoms with Crippen LogP contribution in [0.4, 0.5) is 0 Å². The number of carbonyl (C=O) groups is 2. The summed E-state index contributed by atoms with van der Waals surface area (Å²) in [5, 5.41) is 9.71. The molecule has 0 saturated carbocycles. The molecule has 3 rings (SSSR count). The van der Waals surface area contributed by atoms with Crippen molar-refractivity contribution in [3.63, 3.8) is 0 Å². The molecular formula is C22H22O8. The van der Waals surface area contributed by atoms with Crippen LogP contribution in [0.1, 0.15) is 23.0 Å². The van der Waals surface area contributed by atoms with Crippen molar-refractivity contribution in [2.75, 3.05) is 20.8 Å². The molecule has 8 nitrogen and oxygen atoms in total. The highest BCUT2D eigenvalue weighted by molar-refractivity contribution is 5.89. The molecule has 0 aliphatic carbocycles.